The average molecular weight is 286 g/mol. The highest BCUT2D eigenvalue weighted by Gasteiger charge is 2.51. The first-order valence-corrected chi connectivity index (χ1v) is 5.52. The van der Waals surface area contributed by atoms with Crippen LogP contribution in [-0.4, -0.2) is 73.9 Å². The number of methoxy groups -OCH3 is 1. The van der Waals surface area contributed by atoms with Crippen LogP contribution in [0.4, 0.5) is 17.6 Å². The molecule has 0 aromatic carbocycles. The summed E-state index contributed by atoms with van der Waals surface area (Å²) in [5, 5.41) is 0. The van der Waals surface area contributed by atoms with E-state index in [1.807, 2.05) is 0 Å². The Morgan fingerprint density at radius 2 is 1.63 bits per heavy atom. The van der Waals surface area contributed by atoms with E-state index in [4.69, 9.17) is 0 Å². The maximum atomic E-state index is 12.9. The summed E-state index contributed by atoms with van der Waals surface area (Å²) in [7, 11) is 1.33. The second-order valence-corrected chi connectivity index (χ2v) is 4.03. The van der Waals surface area contributed by atoms with Crippen LogP contribution in [0.25, 0.3) is 0 Å². The Bertz CT molecular complexity index is 344. The smallest absolute Gasteiger partial charge is 0.375 e. The zero-order valence-electron chi connectivity index (χ0n) is 10.2. The van der Waals surface area contributed by atoms with Crippen molar-refractivity contribution in [3.63, 3.8) is 0 Å². The van der Waals surface area contributed by atoms with Crippen molar-refractivity contribution in [2.24, 2.45) is 0 Å². The maximum absolute atomic E-state index is 12.9. The number of hydrogen-bond donors (Lipinski definition) is 0. The van der Waals surface area contributed by atoms with Crippen LogP contribution in [0.15, 0.2) is 0 Å². The van der Waals surface area contributed by atoms with Gasteiger partial charge in [-0.3, -0.25) is 9.59 Å². The van der Waals surface area contributed by atoms with Crippen LogP contribution in [0.3, 0.4) is 0 Å². The highest BCUT2D eigenvalue weighted by atomic mass is 19.3. The monoisotopic (exact) mass is 286 g/mol. The first-order chi connectivity index (χ1) is 8.80. The molecule has 1 aliphatic rings. The van der Waals surface area contributed by atoms with Crippen LogP contribution in [0, 0.1) is 0 Å². The lowest BCUT2D eigenvalue weighted by Crippen LogP contribution is -2.56. The molecule has 2 amide bonds. The number of halogens is 4. The molecule has 0 saturated carbocycles. The summed E-state index contributed by atoms with van der Waals surface area (Å²) in [6.45, 7) is -0.505. The first-order valence-electron chi connectivity index (χ1n) is 5.52. The normalized spacial score (nSPS) is 16.9. The van der Waals surface area contributed by atoms with Gasteiger partial charge in [-0.15, -0.1) is 0 Å². The third-order valence-electron chi connectivity index (χ3n) is 2.75. The van der Waals surface area contributed by atoms with Crippen LogP contribution < -0.4 is 0 Å². The molecule has 0 aromatic heterocycles. The van der Waals surface area contributed by atoms with Crippen LogP contribution in [0.2, 0.25) is 0 Å². The maximum Gasteiger partial charge on any atom is 0.383 e. The van der Waals surface area contributed by atoms with Crippen molar-refractivity contribution in [3.05, 3.63) is 0 Å². The number of alkyl halides is 4. The van der Waals surface area contributed by atoms with E-state index in [-0.39, 0.29) is 38.7 Å². The van der Waals surface area contributed by atoms with Gasteiger partial charge >= 0.3 is 12.3 Å². The number of nitrogens with zero attached hydrogens (tertiary/aromatic N) is 2. The molecule has 110 valence electrons. The fraction of sp³-hybridized carbons (Fsp3) is 0.800. The van der Waals surface area contributed by atoms with Gasteiger partial charge in [-0.1, -0.05) is 0 Å². The van der Waals surface area contributed by atoms with Gasteiger partial charge in [0.25, 0.3) is 5.91 Å². The van der Waals surface area contributed by atoms with E-state index in [0.717, 1.165) is 0 Å². The number of carbonyl (C=O) groups is 2. The minimum Gasteiger partial charge on any atom is -0.375 e. The molecule has 0 radical (unpaired) electrons. The first kappa shape index (κ1) is 15.7. The van der Waals surface area contributed by atoms with E-state index in [9.17, 15) is 27.2 Å². The van der Waals surface area contributed by atoms with Gasteiger partial charge in [-0.2, -0.15) is 8.78 Å². The SMILES string of the molecule is COCC(=O)N1CCN(C(=O)C(F)(F)C(F)F)CC1. The lowest BCUT2D eigenvalue weighted by atomic mass is 10.2. The number of carbonyl (C=O) groups excluding carboxylic acids is 2. The summed E-state index contributed by atoms with van der Waals surface area (Å²) >= 11 is 0. The highest BCUT2D eigenvalue weighted by Crippen LogP contribution is 2.25. The molecule has 0 unspecified atom stereocenters. The summed E-state index contributed by atoms with van der Waals surface area (Å²) in [6.07, 6.45) is -4.03. The highest BCUT2D eigenvalue weighted by molar-refractivity contribution is 5.84. The van der Waals surface area contributed by atoms with E-state index in [2.05, 4.69) is 4.74 Å². The topological polar surface area (TPSA) is 49.9 Å². The van der Waals surface area contributed by atoms with Gasteiger partial charge in [0.1, 0.15) is 6.61 Å². The molecule has 9 heteroatoms. The van der Waals surface area contributed by atoms with Gasteiger partial charge in [0.15, 0.2) is 0 Å². The Morgan fingerprint density at radius 1 is 1.16 bits per heavy atom. The van der Waals surface area contributed by atoms with Crippen molar-refractivity contribution in [2.45, 2.75) is 12.3 Å². The molecule has 0 N–H and O–H groups in total. The summed E-state index contributed by atoms with van der Waals surface area (Å²) in [6, 6.07) is 0. The quantitative estimate of drug-likeness (QED) is 0.694. The van der Waals surface area contributed by atoms with E-state index < -0.39 is 18.3 Å². The molecule has 0 atom stereocenters. The second kappa shape index (κ2) is 6.18. The van der Waals surface area contributed by atoms with Crippen molar-refractivity contribution in [3.8, 4) is 0 Å². The van der Waals surface area contributed by atoms with Gasteiger partial charge in [0.05, 0.1) is 0 Å². The van der Waals surface area contributed by atoms with Crippen molar-refractivity contribution in [2.75, 3.05) is 39.9 Å². The third kappa shape index (κ3) is 3.55. The Morgan fingerprint density at radius 3 is 2.05 bits per heavy atom. The number of piperazine rings is 1. The van der Waals surface area contributed by atoms with Crippen molar-refractivity contribution >= 4 is 11.8 Å². The summed E-state index contributed by atoms with van der Waals surface area (Å²) < 4.78 is 54.4. The third-order valence-corrected chi connectivity index (χ3v) is 2.75. The summed E-state index contributed by atoms with van der Waals surface area (Å²) in [5.74, 6) is -6.92. The average Bonchev–Trinajstić information content (AvgIpc) is 2.38. The van der Waals surface area contributed by atoms with Crippen molar-refractivity contribution in [1.82, 2.24) is 9.80 Å². The molecular formula is C10H14F4N2O3. The van der Waals surface area contributed by atoms with Crippen LogP contribution in [0.1, 0.15) is 0 Å². The molecule has 1 aliphatic heterocycles. The minimum atomic E-state index is -4.68. The van der Waals surface area contributed by atoms with E-state index >= 15 is 0 Å². The Kier molecular flexibility index (Phi) is 5.10. The van der Waals surface area contributed by atoms with Gasteiger partial charge in [-0.25, -0.2) is 8.78 Å². The standard InChI is InChI=1S/C10H14F4N2O3/c1-19-6-7(17)15-2-4-16(5-3-15)9(18)10(13,14)8(11)12/h8H,2-6H2,1H3. The van der Waals surface area contributed by atoms with Crippen LogP contribution >= 0.6 is 0 Å². The van der Waals surface area contributed by atoms with E-state index in [0.29, 0.717) is 4.90 Å². The van der Waals surface area contributed by atoms with E-state index in [1.165, 1.54) is 12.0 Å². The molecule has 1 heterocycles. The summed E-state index contributed by atoms with van der Waals surface area (Å²) in [4.78, 5) is 24.6. The van der Waals surface area contributed by atoms with Gasteiger partial charge in [0, 0.05) is 33.3 Å². The molecule has 0 aliphatic carbocycles. The fourth-order valence-corrected chi connectivity index (χ4v) is 1.68. The molecule has 19 heavy (non-hydrogen) atoms. The minimum absolute atomic E-state index is 0.0211. The van der Waals surface area contributed by atoms with Gasteiger partial charge < -0.3 is 14.5 Å². The van der Waals surface area contributed by atoms with Crippen LogP contribution in [-0.2, 0) is 14.3 Å². The molecule has 1 saturated heterocycles. The number of amides is 2. The predicted molar refractivity (Wildman–Crippen MR) is 56.0 cm³/mol. The molecule has 0 spiro atoms. The Balaban J connectivity index is 2.55. The number of hydrogen-bond acceptors (Lipinski definition) is 3. The van der Waals surface area contributed by atoms with Crippen molar-refractivity contribution in [1.29, 1.82) is 0 Å². The molecular weight excluding hydrogens is 272 g/mol. The summed E-state index contributed by atoms with van der Waals surface area (Å²) in [5.41, 5.74) is 0. The molecule has 0 bridgehead atoms. The predicted octanol–water partition coefficient (Wildman–Crippen LogP) is 0.204. The van der Waals surface area contributed by atoms with Crippen LogP contribution in [0.5, 0.6) is 0 Å². The number of rotatable bonds is 4. The molecule has 5 nitrogen and oxygen atoms in total. The Hall–Kier alpha value is -1.38. The lowest BCUT2D eigenvalue weighted by molar-refractivity contribution is -0.182. The van der Waals surface area contributed by atoms with E-state index in [1.54, 1.807) is 0 Å². The van der Waals surface area contributed by atoms with Gasteiger partial charge in [0.2, 0.25) is 5.91 Å². The molecule has 0 aromatic rings. The van der Waals surface area contributed by atoms with Crippen molar-refractivity contribution < 1.29 is 31.9 Å². The second-order valence-electron chi connectivity index (χ2n) is 4.03. The largest absolute Gasteiger partial charge is 0.383 e. The lowest BCUT2D eigenvalue weighted by Gasteiger charge is -2.35. The zero-order valence-corrected chi connectivity index (χ0v) is 10.2. The fourth-order valence-electron chi connectivity index (χ4n) is 1.68. The van der Waals surface area contributed by atoms with Gasteiger partial charge in [-0.05, 0) is 0 Å². The number of ether oxygens (including phenoxy) is 1. The molecule has 1 rings (SSSR count). The zero-order chi connectivity index (χ0) is 14.6. The Labute approximate surface area is 107 Å². The molecule has 1 fully saturated rings.